The van der Waals surface area contributed by atoms with E-state index in [2.05, 4.69) is 9.80 Å². The maximum atomic E-state index is 15.4. The smallest absolute Gasteiger partial charge is 0.419 e. The number of hydrogen-bond acceptors (Lipinski definition) is 16. The van der Waals surface area contributed by atoms with Gasteiger partial charge in [-0.3, -0.25) is 19.4 Å². The van der Waals surface area contributed by atoms with E-state index in [1.54, 1.807) is 86.9 Å². The Morgan fingerprint density at radius 2 is 0.856 bits per heavy atom. The molecular formula is C70H80Cl2N4O12S2. The topological polar surface area (TPSA) is 155 Å². The van der Waals surface area contributed by atoms with Crippen LogP contribution >= 0.6 is 46.7 Å². The van der Waals surface area contributed by atoms with Gasteiger partial charge < -0.3 is 47.7 Å². The van der Waals surface area contributed by atoms with E-state index in [4.69, 9.17) is 61.1 Å². The highest BCUT2D eigenvalue weighted by Gasteiger charge is 2.57. The number of carbonyl (C=O) groups excluding carboxylic acids is 4. The Kier molecular flexibility index (Phi) is 23.1. The minimum Gasteiger partial charge on any atom is -0.497 e. The van der Waals surface area contributed by atoms with Crippen LogP contribution in [-0.4, -0.2) is 127 Å². The third kappa shape index (κ3) is 15.9. The number of unbranched alkanes of at least 4 members (excludes halogenated alkanes) is 2. The van der Waals surface area contributed by atoms with Crippen molar-refractivity contribution in [2.45, 2.75) is 122 Å². The molecule has 0 saturated heterocycles. The molecule has 2 atom stereocenters. The number of anilines is 2. The van der Waals surface area contributed by atoms with Gasteiger partial charge in [0.1, 0.15) is 47.7 Å². The quantitative estimate of drug-likeness (QED) is 0.0260. The number of methoxy groups -OCH3 is 2. The molecule has 2 fully saturated rings. The van der Waals surface area contributed by atoms with E-state index in [1.807, 2.05) is 60.7 Å². The molecule has 0 spiro atoms. The van der Waals surface area contributed by atoms with Gasteiger partial charge in [-0.25, -0.2) is 9.59 Å². The van der Waals surface area contributed by atoms with Gasteiger partial charge in [-0.15, -0.1) is 0 Å². The Bertz CT molecular complexity index is 3180. The number of nitrogens with zero attached hydrogens (tertiary/aromatic N) is 4. The van der Waals surface area contributed by atoms with Crippen LogP contribution < -0.4 is 38.2 Å². The van der Waals surface area contributed by atoms with Crippen molar-refractivity contribution in [3.05, 3.63) is 155 Å². The Morgan fingerprint density at radius 1 is 0.478 bits per heavy atom. The number of para-hydroxylation sites is 2. The van der Waals surface area contributed by atoms with Crippen LogP contribution in [0.3, 0.4) is 0 Å². The van der Waals surface area contributed by atoms with Crippen molar-refractivity contribution in [3.8, 4) is 34.5 Å². The Morgan fingerprint density at radius 3 is 1.24 bits per heavy atom. The molecule has 0 bridgehead atoms. The summed E-state index contributed by atoms with van der Waals surface area (Å²) in [6, 6.07) is 40.1. The molecule has 20 heteroatoms. The summed E-state index contributed by atoms with van der Waals surface area (Å²) in [6.45, 7) is 4.73. The first-order valence-corrected chi connectivity index (χ1v) is 33.6. The first-order valence-electron chi connectivity index (χ1n) is 31.3. The summed E-state index contributed by atoms with van der Waals surface area (Å²) in [5, 5.41) is 1.31. The molecule has 2 aliphatic carbocycles. The molecule has 6 aromatic rings. The second kappa shape index (κ2) is 31.5. The minimum absolute atomic E-state index is 0.130. The highest BCUT2D eigenvalue weighted by molar-refractivity contribution is 8.01. The lowest BCUT2D eigenvalue weighted by molar-refractivity contribution is -0.180. The SMILES string of the molecule is COc1ccc(OCCCCN(CCOc2ccc(Cl)cc2)C2CCCCC2)c(C2(OC(=O)C(=O)OC3(c4cc(OC)ccc4OCCCCN(CCOc4ccc(Cl)cc4)C4CCCCC4)Sc4ccccc4N(C)C3=O)Sc3ccccc3N(C)C2=O)c1. The second-order valence-electron chi connectivity index (χ2n) is 23.0. The summed E-state index contributed by atoms with van der Waals surface area (Å²) in [5.74, 6) is -1.75. The molecular weight excluding hydrogens is 1220 g/mol. The summed E-state index contributed by atoms with van der Waals surface area (Å²) in [6.07, 6.45) is 14.7. The number of thioether (sulfide) groups is 2. The molecule has 0 aromatic heterocycles. The Balaban J connectivity index is 0.892. The standard InChI is InChI=1S/C70H80Cl2N4O12S2/c1-73-59-23-11-13-25-63(59)89-69(67(73)79,57-47-55(81-3)35-37-61(57)85-43-17-15-39-75(51-19-7-5-8-20-51)41-45-83-53-31-27-49(71)28-32-53)87-65(77)66(78)88-70(68(80)74(2)60-24-12-14-26-64(60)90-70)58-48-56(82-4)36-38-62(58)86-44-18-16-40-76(52-21-9-6-10-22-52)42-46-84-54-33-29-50(72)30-34-54/h11-14,23-38,47-48,51-52H,5-10,15-22,39-46H2,1-4H3. The van der Waals surface area contributed by atoms with E-state index in [0.717, 1.165) is 99.7 Å². The summed E-state index contributed by atoms with van der Waals surface area (Å²) in [4.78, 5) is 65.4. The van der Waals surface area contributed by atoms with Crippen LogP contribution in [0.1, 0.15) is 101 Å². The number of hydrogen-bond donors (Lipinski definition) is 0. The zero-order valence-electron chi connectivity index (χ0n) is 51.7. The van der Waals surface area contributed by atoms with Gasteiger partial charge >= 0.3 is 11.9 Å². The fourth-order valence-corrected chi connectivity index (χ4v) is 15.3. The number of ether oxygens (including phenoxy) is 8. The van der Waals surface area contributed by atoms with Crippen LogP contribution in [0, 0.1) is 0 Å². The Labute approximate surface area is 547 Å². The first-order chi connectivity index (χ1) is 43.8. The zero-order chi connectivity index (χ0) is 63.0. The Hall–Kier alpha value is -6.80. The highest BCUT2D eigenvalue weighted by Crippen LogP contribution is 2.56. The van der Waals surface area contributed by atoms with Gasteiger partial charge in [-0.1, -0.05) is 110 Å². The van der Waals surface area contributed by atoms with E-state index >= 15 is 19.2 Å². The van der Waals surface area contributed by atoms with Crippen molar-refractivity contribution in [1.82, 2.24) is 9.80 Å². The van der Waals surface area contributed by atoms with Crippen molar-refractivity contribution in [2.24, 2.45) is 0 Å². The molecule has 4 aliphatic rings. The van der Waals surface area contributed by atoms with Crippen LogP contribution in [0.2, 0.25) is 10.0 Å². The predicted molar refractivity (Wildman–Crippen MR) is 353 cm³/mol. The third-order valence-corrected chi connectivity index (χ3v) is 20.3. The molecule has 0 N–H and O–H groups in total. The average Bonchev–Trinajstić information content (AvgIpc) is 0.830. The molecule has 6 aromatic carbocycles. The minimum atomic E-state index is -2.29. The summed E-state index contributed by atoms with van der Waals surface area (Å²) < 4.78 is 49.9. The van der Waals surface area contributed by atoms with Crippen LogP contribution in [0.4, 0.5) is 11.4 Å². The molecule has 2 amide bonds. The maximum absolute atomic E-state index is 15.4. The van der Waals surface area contributed by atoms with Crippen LogP contribution in [0.15, 0.2) is 143 Å². The van der Waals surface area contributed by atoms with Gasteiger partial charge in [0.25, 0.3) is 21.7 Å². The average molecular weight is 1300 g/mol. The highest BCUT2D eigenvalue weighted by atomic mass is 35.5. The molecule has 2 unspecified atom stereocenters. The number of halogens is 2. The van der Waals surface area contributed by atoms with E-state index < -0.39 is 33.6 Å². The molecule has 2 heterocycles. The van der Waals surface area contributed by atoms with E-state index in [9.17, 15) is 0 Å². The van der Waals surface area contributed by atoms with Crippen molar-refractivity contribution >= 4 is 81.9 Å². The zero-order valence-corrected chi connectivity index (χ0v) is 54.8. The monoisotopic (exact) mass is 1300 g/mol. The van der Waals surface area contributed by atoms with Crippen molar-refractivity contribution < 1.29 is 57.1 Å². The number of rotatable bonds is 28. The van der Waals surface area contributed by atoms with E-state index in [-0.39, 0.29) is 35.8 Å². The normalized spacial score (nSPS) is 18.6. The predicted octanol–water partition coefficient (Wildman–Crippen LogP) is 14.4. The third-order valence-electron chi connectivity index (χ3n) is 17.2. The molecule has 2 saturated carbocycles. The van der Waals surface area contributed by atoms with Crippen LogP contribution in [0.25, 0.3) is 0 Å². The lowest BCUT2D eigenvalue weighted by Gasteiger charge is -2.41. The fraction of sp³-hybridized carbons (Fsp3) is 0.429. The summed E-state index contributed by atoms with van der Waals surface area (Å²) in [5.41, 5.74) is 1.38. The largest absolute Gasteiger partial charge is 0.497 e. The summed E-state index contributed by atoms with van der Waals surface area (Å²) >= 11 is 14.2. The number of fused-ring (bicyclic) bond motifs is 2. The van der Waals surface area contributed by atoms with Crippen molar-refractivity contribution in [3.63, 3.8) is 0 Å². The molecule has 90 heavy (non-hydrogen) atoms. The second-order valence-corrected chi connectivity index (χ2v) is 26.3. The van der Waals surface area contributed by atoms with Gasteiger partial charge in [-0.2, -0.15) is 0 Å². The summed E-state index contributed by atoms with van der Waals surface area (Å²) in [7, 11) is 6.14. The van der Waals surface area contributed by atoms with Crippen LogP contribution in [0.5, 0.6) is 34.5 Å². The van der Waals surface area contributed by atoms with Gasteiger partial charge in [0.15, 0.2) is 0 Å². The van der Waals surface area contributed by atoms with Crippen LogP contribution in [-0.2, 0) is 38.5 Å². The number of carbonyl (C=O) groups is 4. The lowest BCUT2D eigenvalue weighted by Crippen LogP contribution is -2.52. The molecule has 16 nitrogen and oxygen atoms in total. The van der Waals surface area contributed by atoms with Gasteiger partial charge in [-0.05, 0) is 174 Å². The van der Waals surface area contributed by atoms with E-state index in [0.29, 0.717) is 80.8 Å². The number of amides is 2. The molecule has 2 aliphatic heterocycles. The fourth-order valence-electron chi connectivity index (χ4n) is 12.3. The number of esters is 2. The van der Waals surface area contributed by atoms with Crippen molar-refractivity contribution in [2.75, 3.05) is 90.7 Å². The lowest BCUT2D eigenvalue weighted by atomic mass is 9.94. The van der Waals surface area contributed by atoms with Crippen molar-refractivity contribution in [1.29, 1.82) is 0 Å². The number of benzene rings is 6. The molecule has 0 radical (unpaired) electrons. The number of likely N-dealkylation sites (N-methyl/N-ethyl adjacent to an activating group) is 2. The van der Waals surface area contributed by atoms with Gasteiger partial charge in [0, 0.05) is 59.1 Å². The maximum Gasteiger partial charge on any atom is 0.419 e. The first kappa shape index (κ1) is 66.1. The molecule has 478 valence electrons. The molecule has 10 rings (SSSR count). The van der Waals surface area contributed by atoms with Gasteiger partial charge in [0.2, 0.25) is 0 Å². The van der Waals surface area contributed by atoms with E-state index in [1.165, 1.54) is 62.5 Å². The van der Waals surface area contributed by atoms with Gasteiger partial charge in [0.05, 0.1) is 49.9 Å².